The fourth-order valence-corrected chi connectivity index (χ4v) is 1.49. The summed E-state index contributed by atoms with van der Waals surface area (Å²) in [4.78, 5) is 10.5. The van der Waals surface area contributed by atoms with Crippen LogP contribution in [0.2, 0.25) is 0 Å². The molecule has 1 rings (SSSR count). The lowest BCUT2D eigenvalue weighted by Gasteiger charge is -2.34. The zero-order valence-electron chi connectivity index (χ0n) is 8.02. The normalized spacial score (nSPS) is 26.9. The van der Waals surface area contributed by atoms with E-state index in [1.165, 1.54) is 0 Å². The van der Waals surface area contributed by atoms with Gasteiger partial charge in [-0.1, -0.05) is 12.2 Å². The molecule has 0 aliphatic heterocycles. The molecule has 0 saturated carbocycles. The largest absolute Gasteiger partial charge is 0.456 e. The molecule has 0 bridgehead atoms. The van der Waals surface area contributed by atoms with Crippen LogP contribution in [-0.2, 0) is 4.79 Å². The SMILES string of the molecule is O=C(C(F)(F)F)C(F)(F)C1(O)C=CCCC1. The van der Waals surface area contributed by atoms with E-state index in [-0.39, 0.29) is 6.42 Å². The van der Waals surface area contributed by atoms with Gasteiger partial charge in [0.05, 0.1) is 0 Å². The highest BCUT2D eigenvalue weighted by atomic mass is 19.4. The van der Waals surface area contributed by atoms with Gasteiger partial charge in [0.15, 0.2) is 5.60 Å². The van der Waals surface area contributed by atoms with E-state index in [2.05, 4.69) is 0 Å². The molecule has 1 atom stereocenters. The van der Waals surface area contributed by atoms with Gasteiger partial charge in [-0.15, -0.1) is 0 Å². The summed E-state index contributed by atoms with van der Waals surface area (Å²) in [5.74, 6) is -8.06. The molecule has 2 nitrogen and oxygen atoms in total. The van der Waals surface area contributed by atoms with Crippen molar-refractivity contribution in [2.75, 3.05) is 0 Å². The molecule has 0 aromatic carbocycles. The third-order valence-corrected chi connectivity index (χ3v) is 2.41. The topological polar surface area (TPSA) is 37.3 Å². The van der Waals surface area contributed by atoms with Crippen molar-refractivity contribution in [3.63, 3.8) is 0 Å². The predicted molar refractivity (Wildman–Crippen MR) is 43.9 cm³/mol. The summed E-state index contributed by atoms with van der Waals surface area (Å²) in [5.41, 5.74) is -3.03. The molecule has 0 heterocycles. The number of ketones is 1. The minimum absolute atomic E-state index is 0.105. The Morgan fingerprint density at radius 3 is 2.19 bits per heavy atom. The molecule has 0 radical (unpaired) electrons. The first-order valence-corrected chi connectivity index (χ1v) is 4.51. The van der Waals surface area contributed by atoms with Crippen LogP contribution in [0.15, 0.2) is 12.2 Å². The van der Waals surface area contributed by atoms with E-state index in [1.54, 1.807) is 0 Å². The lowest BCUT2D eigenvalue weighted by Crippen LogP contribution is -2.56. The van der Waals surface area contributed by atoms with E-state index in [0.29, 0.717) is 12.5 Å². The highest BCUT2D eigenvalue weighted by molar-refractivity contribution is 5.92. The summed E-state index contributed by atoms with van der Waals surface area (Å²) in [6.07, 6.45) is -4.03. The number of carbonyl (C=O) groups is 1. The summed E-state index contributed by atoms with van der Waals surface area (Å²) in [6.45, 7) is 0. The van der Waals surface area contributed by atoms with E-state index in [9.17, 15) is 31.9 Å². The average Bonchev–Trinajstić information content (AvgIpc) is 2.16. The van der Waals surface area contributed by atoms with Crippen molar-refractivity contribution in [1.29, 1.82) is 0 Å². The molecule has 0 spiro atoms. The van der Waals surface area contributed by atoms with Crippen LogP contribution in [0.4, 0.5) is 22.0 Å². The van der Waals surface area contributed by atoms with Gasteiger partial charge in [-0.2, -0.15) is 22.0 Å². The zero-order chi connectivity index (χ0) is 12.6. The number of aliphatic hydroxyl groups is 1. The Morgan fingerprint density at radius 2 is 1.81 bits per heavy atom. The van der Waals surface area contributed by atoms with Gasteiger partial charge in [-0.3, -0.25) is 4.79 Å². The second-order valence-corrected chi connectivity index (χ2v) is 3.62. The van der Waals surface area contributed by atoms with E-state index < -0.39 is 29.9 Å². The highest BCUT2D eigenvalue weighted by Crippen LogP contribution is 2.41. The first-order chi connectivity index (χ1) is 7.11. The maximum Gasteiger partial charge on any atom is 0.456 e. The van der Waals surface area contributed by atoms with E-state index >= 15 is 0 Å². The van der Waals surface area contributed by atoms with Crippen molar-refractivity contribution in [3.05, 3.63) is 12.2 Å². The molecule has 7 heteroatoms. The molecule has 0 aromatic heterocycles. The van der Waals surface area contributed by atoms with Gasteiger partial charge in [0.25, 0.3) is 0 Å². The van der Waals surface area contributed by atoms with Crippen LogP contribution in [0.5, 0.6) is 0 Å². The number of rotatable bonds is 2. The summed E-state index contributed by atoms with van der Waals surface area (Å²) in [6, 6.07) is 0. The number of hydrogen-bond donors (Lipinski definition) is 1. The van der Waals surface area contributed by atoms with Crippen molar-refractivity contribution in [3.8, 4) is 0 Å². The number of halogens is 5. The van der Waals surface area contributed by atoms with Crippen molar-refractivity contribution in [1.82, 2.24) is 0 Å². The summed E-state index contributed by atoms with van der Waals surface area (Å²) in [5, 5.41) is 9.38. The fourth-order valence-electron chi connectivity index (χ4n) is 1.49. The summed E-state index contributed by atoms with van der Waals surface area (Å²) in [7, 11) is 0. The minimum atomic E-state index is -5.66. The lowest BCUT2D eigenvalue weighted by molar-refractivity contribution is -0.220. The quantitative estimate of drug-likeness (QED) is 0.597. The van der Waals surface area contributed by atoms with Crippen molar-refractivity contribution in [2.45, 2.75) is 37.0 Å². The standard InChI is InChI=1S/C9H9F5O2/c10-8(11,6(15)9(12,13)14)7(16)4-2-1-3-5-7/h2,4,16H,1,3,5H2. The fraction of sp³-hybridized carbons (Fsp3) is 0.667. The van der Waals surface area contributed by atoms with Gasteiger partial charge >= 0.3 is 17.9 Å². The van der Waals surface area contributed by atoms with Gasteiger partial charge in [-0.05, 0) is 19.3 Å². The lowest BCUT2D eigenvalue weighted by atomic mass is 9.83. The molecular weight excluding hydrogens is 235 g/mol. The number of alkyl halides is 5. The van der Waals surface area contributed by atoms with Gasteiger partial charge in [0.2, 0.25) is 0 Å². The van der Waals surface area contributed by atoms with Crippen LogP contribution in [0.25, 0.3) is 0 Å². The number of allylic oxidation sites excluding steroid dienone is 1. The van der Waals surface area contributed by atoms with E-state index in [0.717, 1.165) is 6.08 Å². The van der Waals surface area contributed by atoms with E-state index in [1.807, 2.05) is 0 Å². The van der Waals surface area contributed by atoms with Crippen molar-refractivity contribution in [2.24, 2.45) is 0 Å². The molecular formula is C9H9F5O2. The molecule has 0 amide bonds. The number of Topliss-reactive ketones (excluding diaryl/α,β-unsaturated/α-hetero) is 1. The number of carbonyl (C=O) groups excluding carboxylic acids is 1. The first-order valence-electron chi connectivity index (χ1n) is 4.51. The van der Waals surface area contributed by atoms with Crippen molar-refractivity contribution < 1.29 is 31.9 Å². The molecule has 0 saturated heterocycles. The molecule has 0 fully saturated rings. The Hall–Kier alpha value is -0.980. The van der Waals surface area contributed by atoms with E-state index in [4.69, 9.17) is 0 Å². The molecule has 1 unspecified atom stereocenters. The Bertz CT molecular complexity index is 320. The molecule has 1 aliphatic carbocycles. The minimum Gasteiger partial charge on any atom is -0.379 e. The Labute approximate surface area is 87.7 Å². The molecule has 16 heavy (non-hydrogen) atoms. The monoisotopic (exact) mass is 244 g/mol. The predicted octanol–water partition coefficient (Wildman–Crippen LogP) is 2.22. The van der Waals surface area contributed by atoms with Crippen LogP contribution >= 0.6 is 0 Å². The first kappa shape index (κ1) is 13.1. The second kappa shape index (κ2) is 3.80. The molecule has 1 aliphatic rings. The Balaban J connectivity index is 3.05. The summed E-state index contributed by atoms with van der Waals surface area (Å²) < 4.78 is 62.1. The zero-order valence-corrected chi connectivity index (χ0v) is 8.02. The van der Waals surface area contributed by atoms with Crippen LogP contribution in [0.3, 0.4) is 0 Å². The Kier molecular flexibility index (Phi) is 3.11. The van der Waals surface area contributed by atoms with Crippen LogP contribution < -0.4 is 0 Å². The Morgan fingerprint density at radius 1 is 1.25 bits per heavy atom. The smallest absolute Gasteiger partial charge is 0.379 e. The van der Waals surface area contributed by atoms with Crippen molar-refractivity contribution >= 4 is 5.78 Å². The maximum absolute atomic E-state index is 13.2. The average molecular weight is 244 g/mol. The van der Waals surface area contributed by atoms with Gasteiger partial charge < -0.3 is 5.11 Å². The molecule has 1 N–H and O–H groups in total. The second-order valence-electron chi connectivity index (χ2n) is 3.62. The van der Waals surface area contributed by atoms with Gasteiger partial charge in [0, 0.05) is 0 Å². The van der Waals surface area contributed by atoms with Gasteiger partial charge in [-0.25, -0.2) is 0 Å². The van der Waals surface area contributed by atoms with Crippen LogP contribution in [-0.4, -0.2) is 28.6 Å². The molecule has 0 aromatic rings. The highest BCUT2D eigenvalue weighted by Gasteiger charge is 2.64. The maximum atomic E-state index is 13.2. The third kappa shape index (κ3) is 2.09. The van der Waals surface area contributed by atoms with Crippen LogP contribution in [0.1, 0.15) is 19.3 Å². The number of hydrogen-bond acceptors (Lipinski definition) is 2. The summed E-state index contributed by atoms with van der Waals surface area (Å²) >= 11 is 0. The third-order valence-electron chi connectivity index (χ3n) is 2.41. The van der Waals surface area contributed by atoms with Crippen LogP contribution in [0, 0.1) is 0 Å². The molecule has 92 valence electrons. The van der Waals surface area contributed by atoms with Gasteiger partial charge in [0.1, 0.15) is 0 Å².